The lowest BCUT2D eigenvalue weighted by molar-refractivity contribution is 0.582. The van der Waals surface area contributed by atoms with Gasteiger partial charge in [0.2, 0.25) is 0 Å². The van der Waals surface area contributed by atoms with Crippen LogP contribution >= 0.6 is 11.8 Å². The van der Waals surface area contributed by atoms with Crippen molar-refractivity contribution in [2.75, 3.05) is 12.3 Å². The highest BCUT2D eigenvalue weighted by molar-refractivity contribution is 8.13. The second kappa shape index (κ2) is 3.29. The number of hydrogen-bond donors (Lipinski definition) is 1. The molecule has 1 saturated carbocycles. The summed E-state index contributed by atoms with van der Waals surface area (Å²) in [6.07, 6.45) is 5.16. The van der Waals surface area contributed by atoms with E-state index >= 15 is 0 Å². The van der Waals surface area contributed by atoms with Crippen molar-refractivity contribution in [3.8, 4) is 0 Å². The highest BCUT2D eigenvalue weighted by atomic mass is 32.2. The molecular weight excluding hydrogens is 168 g/mol. The van der Waals surface area contributed by atoms with Crippen molar-refractivity contribution in [1.82, 2.24) is 5.32 Å². The van der Waals surface area contributed by atoms with Gasteiger partial charge < -0.3 is 5.32 Å². The molecule has 0 atom stereocenters. The molecule has 0 aromatic heterocycles. The summed E-state index contributed by atoms with van der Waals surface area (Å²) in [5.41, 5.74) is 0.448. The summed E-state index contributed by atoms with van der Waals surface area (Å²) in [6.45, 7) is 3.28. The number of nitrogens with one attached hydrogen (secondary N) is 1. The Balaban J connectivity index is 1.89. The molecule has 1 heterocycles. The van der Waals surface area contributed by atoms with Crippen molar-refractivity contribution in [2.24, 2.45) is 4.99 Å². The standard InChI is InChI=1S/C9H16N2S/c1-2-9(4-5-9)11-8-10-6-3-7-12-8/h2-7H2,1H3,(H,10,11). The molecule has 0 saturated heterocycles. The van der Waals surface area contributed by atoms with Gasteiger partial charge in [-0.2, -0.15) is 0 Å². The van der Waals surface area contributed by atoms with Gasteiger partial charge in [-0.3, -0.25) is 4.99 Å². The summed E-state index contributed by atoms with van der Waals surface area (Å²) < 4.78 is 0. The molecule has 0 bridgehead atoms. The average molecular weight is 184 g/mol. The van der Waals surface area contributed by atoms with Crippen LogP contribution in [0, 0.1) is 0 Å². The lowest BCUT2D eigenvalue weighted by Crippen LogP contribution is -2.35. The van der Waals surface area contributed by atoms with E-state index in [2.05, 4.69) is 17.2 Å². The van der Waals surface area contributed by atoms with Gasteiger partial charge in [0, 0.05) is 17.8 Å². The molecule has 1 fully saturated rings. The molecule has 12 heavy (non-hydrogen) atoms. The van der Waals surface area contributed by atoms with Crippen molar-refractivity contribution >= 4 is 16.9 Å². The Hall–Kier alpha value is -0.180. The lowest BCUT2D eigenvalue weighted by atomic mass is 10.2. The molecule has 0 unspecified atom stereocenters. The molecule has 2 nitrogen and oxygen atoms in total. The number of nitrogens with zero attached hydrogens (tertiary/aromatic N) is 1. The monoisotopic (exact) mass is 184 g/mol. The largest absolute Gasteiger partial charge is 0.360 e. The smallest absolute Gasteiger partial charge is 0.156 e. The molecule has 2 aliphatic rings. The van der Waals surface area contributed by atoms with Crippen LogP contribution in [0.4, 0.5) is 0 Å². The van der Waals surface area contributed by atoms with Crippen molar-refractivity contribution < 1.29 is 0 Å². The van der Waals surface area contributed by atoms with Crippen LogP contribution in [0.1, 0.15) is 32.6 Å². The average Bonchev–Trinajstić information content (AvgIpc) is 2.88. The van der Waals surface area contributed by atoms with E-state index in [1.165, 1.54) is 36.6 Å². The molecule has 2 rings (SSSR count). The maximum Gasteiger partial charge on any atom is 0.156 e. The zero-order valence-corrected chi connectivity index (χ0v) is 8.41. The quantitative estimate of drug-likeness (QED) is 0.710. The van der Waals surface area contributed by atoms with Gasteiger partial charge in [-0.25, -0.2) is 0 Å². The van der Waals surface area contributed by atoms with Crippen LogP contribution in [0.25, 0.3) is 0 Å². The molecule has 0 aromatic carbocycles. The van der Waals surface area contributed by atoms with E-state index in [0.717, 1.165) is 6.54 Å². The first-order valence-electron chi connectivity index (χ1n) is 4.80. The highest BCUT2D eigenvalue weighted by Crippen LogP contribution is 2.39. The fourth-order valence-corrected chi connectivity index (χ4v) is 2.42. The molecule has 0 radical (unpaired) electrons. The third-order valence-electron chi connectivity index (χ3n) is 2.70. The van der Waals surface area contributed by atoms with Gasteiger partial charge in [-0.05, 0) is 25.7 Å². The fraction of sp³-hybridized carbons (Fsp3) is 0.889. The predicted octanol–water partition coefficient (Wildman–Crippen LogP) is 2.01. The first kappa shape index (κ1) is 8.42. The number of thioether (sulfide) groups is 1. The van der Waals surface area contributed by atoms with E-state index in [0.29, 0.717) is 5.54 Å². The minimum absolute atomic E-state index is 0.448. The van der Waals surface area contributed by atoms with Gasteiger partial charge in [0.05, 0.1) is 0 Å². The highest BCUT2D eigenvalue weighted by Gasteiger charge is 2.41. The van der Waals surface area contributed by atoms with E-state index in [9.17, 15) is 0 Å². The normalized spacial score (nSPS) is 26.2. The Labute approximate surface area is 78.2 Å². The zero-order chi connectivity index (χ0) is 8.44. The molecule has 0 aromatic rings. The molecule has 1 aliphatic heterocycles. The van der Waals surface area contributed by atoms with Gasteiger partial charge in [0.1, 0.15) is 0 Å². The van der Waals surface area contributed by atoms with Crippen molar-refractivity contribution in [3.05, 3.63) is 0 Å². The molecule has 1 N–H and O–H groups in total. The Bertz CT molecular complexity index is 197. The van der Waals surface area contributed by atoms with E-state index in [-0.39, 0.29) is 0 Å². The molecule has 68 valence electrons. The van der Waals surface area contributed by atoms with E-state index in [4.69, 9.17) is 0 Å². The van der Waals surface area contributed by atoms with E-state index in [1.54, 1.807) is 0 Å². The van der Waals surface area contributed by atoms with Crippen molar-refractivity contribution in [3.63, 3.8) is 0 Å². The zero-order valence-electron chi connectivity index (χ0n) is 7.60. The van der Waals surface area contributed by atoms with Crippen LogP contribution in [0.2, 0.25) is 0 Å². The van der Waals surface area contributed by atoms with Crippen LogP contribution in [0.5, 0.6) is 0 Å². The summed E-state index contributed by atoms with van der Waals surface area (Å²) >= 11 is 1.88. The minimum atomic E-state index is 0.448. The second-order valence-electron chi connectivity index (χ2n) is 3.65. The third kappa shape index (κ3) is 1.76. The number of aliphatic imine (C=N–C) groups is 1. The van der Waals surface area contributed by atoms with Gasteiger partial charge in [-0.15, -0.1) is 0 Å². The molecule has 3 heteroatoms. The van der Waals surface area contributed by atoms with Crippen LogP contribution in [0.15, 0.2) is 4.99 Å². The number of hydrogen-bond acceptors (Lipinski definition) is 3. The summed E-state index contributed by atoms with van der Waals surface area (Å²) in [5.74, 6) is 1.24. The Morgan fingerprint density at radius 3 is 2.92 bits per heavy atom. The van der Waals surface area contributed by atoms with Gasteiger partial charge in [-0.1, -0.05) is 18.7 Å². The molecular formula is C9H16N2S. The predicted molar refractivity (Wildman–Crippen MR) is 54.8 cm³/mol. The van der Waals surface area contributed by atoms with Crippen LogP contribution < -0.4 is 5.32 Å². The van der Waals surface area contributed by atoms with Gasteiger partial charge in [0.25, 0.3) is 0 Å². The summed E-state index contributed by atoms with van der Waals surface area (Å²) in [4.78, 5) is 4.47. The SMILES string of the molecule is CCC1(NC2=NCCCS2)CC1. The third-order valence-corrected chi connectivity index (χ3v) is 3.70. The number of amidine groups is 1. The van der Waals surface area contributed by atoms with E-state index in [1.807, 2.05) is 11.8 Å². The maximum absolute atomic E-state index is 4.47. The van der Waals surface area contributed by atoms with Crippen LogP contribution in [-0.4, -0.2) is 23.0 Å². The Kier molecular flexibility index (Phi) is 2.31. The molecule has 0 spiro atoms. The summed E-state index contributed by atoms with van der Waals surface area (Å²) in [5, 5.41) is 4.76. The first-order valence-corrected chi connectivity index (χ1v) is 5.79. The molecule has 1 aliphatic carbocycles. The number of rotatable bonds is 2. The topological polar surface area (TPSA) is 24.4 Å². The Morgan fingerprint density at radius 2 is 2.42 bits per heavy atom. The van der Waals surface area contributed by atoms with Crippen molar-refractivity contribution in [1.29, 1.82) is 0 Å². The van der Waals surface area contributed by atoms with E-state index < -0.39 is 0 Å². The van der Waals surface area contributed by atoms with Crippen LogP contribution in [0.3, 0.4) is 0 Å². The lowest BCUT2D eigenvalue weighted by Gasteiger charge is -2.19. The second-order valence-corrected chi connectivity index (χ2v) is 4.73. The summed E-state index contributed by atoms with van der Waals surface area (Å²) in [7, 11) is 0. The van der Waals surface area contributed by atoms with Gasteiger partial charge >= 0.3 is 0 Å². The summed E-state index contributed by atoms with van der Waals surface area (Å²) in [6, 6.07) is 0. The minimum Gasteiger partial charge on any atom is -0.360 e. The van der Waals surface area contributed by atoms with Crippen LogP contribution in [-0.2, 0) is 0 Å². The maximum atomic E-state index is 4.47. The Morgan fingerprint density at radius 1 is 1.58 bits per heavy atom. The first-order chi connectivity index (χ1) is 5.85. The van der Waals surface area contributed by atoms with Crippen molar-refractivity contribution in [2.45, 2.75) is 38.1 Å². The van der Waals surface area contributed by atoms with Gasteiger partial charge in [0.15, 0.2) is 5.17 Å². The fourth-order valence-electron chi connectivity index (χ4n) is 1.48. The molecule has 0 amide bonds.